The Morgan fingerprint density at radius 1 is 1.50 bits per heavy atom. The first kappa shape index (κ1) is 11.8. The molecule has 1 atom stereocenters. The van der Waals surface area contributed by atoms with Crippen molar-refractivity contribution in [1.82, 2.24) is 9.62 Å². The Balaban J connectivity index is 2.68. The van der Waals surface area contributed by atoms with Crippen LogP contribution in [0.3, 0.4) is 0 Å². The van der Waals surface area contributed by atoms with Crippen molar-refractivity contribution in [2.75, 3.05) is 20.1 Å². The first-order valence-corrected chi connectivity index (χ1v) is 5.92. The maximum atomic E-state index is 12.2. The molecule has 0 aliphatic carbocycles. The average molecular weight is 228 g/mol. The van der Waals surface area contributed by atoms with Gasteiger partial charge in [0.2, 0.25) is 0 Å². The standard InChI is InChI=1S/C7H14F2N2O2S/c1-11(14(12,13)7(8)9)6-3-2-4-10-5-6/h6-7,10H,2-5H2,1H3. The molecule has 0 amide bonds. The number of hydrogen-bond acceptors (Lipinski definition) is 3. The molecule has 1 aliphatic heterocycles. The van der Waals surface area contributed by atoms with Gasteiger partial charge < -0.3 is 5.32 Å². The maximum Gasteiger partial charge on any atom is 0.350 e. The van der Waals surface area contributed by atoms with Crippen LogP contribution in [0, 0.1) is 0 Å². The summed E-state index contributed by atoms with van der Waals surface area (Å²) in [4.78, 5) is 0. The molecule has 1 rings (SSSR count). The van der Waals surface area contributed by atoms with Crippen LogP contribution in [-0.2, 0) is 10.0 Å². The molecule has 1 aliphatic rings. The van der Waals surface area contributed by atoms with Gasteiger partial charge in [-0.2, -0.15) is 13.1 Å². The number of likely N-dealkylation sites (N-methyl/N-ethyl adjacent to an activating group) is 1. The summed E-state index contributed by atoms with van der Waals surface area (Å²) >= 11 is 0. The van der Waals surface area contributed by atoms with E-state index in [0.29, 0.717) is 13.0 Å². The third-order valence-electron chi connectivity index (χ3n) is 2.41. The van der Waals surface area contributed by atoms with Gasteiger partial charge in [0.15, 0.2) is 0 Å². The lowest BCUT2D eigenvalue weighted by Gasteiger charge is -2.30. The van der Waals surface area contributed by atoms with Gasteiger partial charge in [0.25, 0.3) is 10.0 Å². The molecule has 1 unspecified atom stereocenters. The summed E-state index contributed by atoms with van der Waals surface area (Å²) in [5.74, 6) is -3.32. The minimum Gasteiger partial charge on any atom is -0.315 e. The van der Waals surface area contributed by atoms with E-state index in [1.807, 2.05) is 0 Å². The fourth-order valence-electron chi connectivity index (χ4n) is 1.48. The van der Waals surface area contributed by atoms with E-state index in [9.17, 15) is 17.2 Å². The molecule has 84 valence electrons. The fourth-order valence-corrected chi connectivity index (χ4v) is 2.32. The molecule has 1 fully saturated rings. The quantitative estimate of drug-likeness (QED) is 0.752. The van der Waals surface area contributed by atoms with E-state index in [-0.39, 0.29) is 6.04 Å². The Labute approximate surface area is 82.3 Å². The Hall–Kier alpha value is -0.270. The molecule has 14 heavy (non-hydrogen) atoms. The first-order chi connectivity index (χ1) is 6.46. The van der Waals surface area contributed by atoms with Gasteiger partial charge in [-0.3, -0.25) is 0 Å². The number of alkyl halides is 2. The average Bonchev–Trinajstić information content (AvgIpc) is 2.17. The van der Waals surface area contributed by atoms with Crippen LogP contribution in [0.15, 0.2) is 0 Å². The van der Waals surface area contributed by atoms with Crippen molar-refractivity contribution in [3.05, 3.63) is 0 Å². The zero-order valence-corrected chi connectivity index (χ0v) is 8.73. The summed E-state index contributed by atoms with van der Waals surface area (Å²) in [5, 5.41) is 2.98. The normalized spacial score (nSPS) is 24.5. The summed E-state index contributed by atoms with van der Waals surface area (Å²) < 4.78 is 47.3. The predicted octanol–water partition coefficient (Wildman–Crippen LogP) is 0.223. The van der Waals surface area contributed by atoms with Crippen LogP contribution < -0.4 is 5.32 Å². The van der Waals surface area contributed by atoms with Crippen LogP contribution in [0.2, 0.25) is 0 Å². The number of nitrogens with zero attached hydrogens (tertiary/aromatic N) is 1. The number of hydrogen-bond donors (Lipinski definition) is 1. The number of halogens is 2. The highest BCUT2D eigenvalue weighted by molar-refractivity contribution is 7.89. The molecule has 0 spiro atoms. The molecule has 1 saturated heterocycles. The van der Waals surface area contributed by atoms with E-state index >= 15 is 0 Å². The van der Waals surface area contributed by atoms with Crippen molar-refractivity contribution in [1.29, 1.82) is 0 Å². The fraction of sp³-hybridized carbons (Fsp3) is 1.00. The van der Waals surface area contributed by atoms with Gasteiger partial charge in [0.1, 0.15) is 0 Å². The van der Waals surface area contributed by atoms with Gasteiger partial charge in [0.05, 0.1) is 0 Å². The van der Waals surface area contributed by atoms with Crippen molar-refractivity contribution in [3.8, 4) is 0 Å². The Kier molecular flexibility index (Phi) is 3.79. The minimum atomic E-state index is -4.42. The molecular formula is C7H14F2N2O2S. The van der Waals surface area contributed by atoms with Gasteiger partial charge in [0, 0.05) is 19.6 Å². The number of sulfonamides is 1. The molecule has 0 saturated carbocycles. The van der Waals surface area contributed by atoms with Crippen molar-refractivity contribution in [2.24, 2.45) is 0 Å². The first-order valence-electron chi connectivity index (χ1n) is 4.42. The molecule has 0 bridgehead atoms. The molecule has 0 aromatic rings. The monoisotopic (exact) mass is 228 g/mol. The lowest BCUT2D eigenvalue weighted by molar-refractivity contribution is 0.209. The van der Waals surface area contributed by atoms with Gasteiger partial charge in [-0.1, -0.05) is 0 Å². The SMILES string of the molecule is CN(C1CCCNC1)S(=O)(=O)C(F)F. The molecule has 1 heterocycles. The van der Waals surface area contributed by atoms with E-state index < -0.39 is 15.8 Å². The van der Waals surface area contributed by atoms with E-state index in [0.717, 1.165) is 17.3 Å². The zero-order chi connectivity index (χ0) is 10.8. The van der Waals surface area contributed by atoms with Gasteiger partial charge in [-0.25, -0.2) is 8.42 Å². The van der Waals surface area contributed by atoms with E-state index in [2.05, 4.69) is 5.32 Å². The van der Waals surface area contributed by atoms with E-state index in [1.165, 1.54) is 7.05 Å². The Morgan fingerprint density at radius 2 is 2.14 bits per heavy atom. The highest BCUT2D eigenvalue weighted by atomic mass is 32.2. The molecule has 4 nitrogen and oxygen atoms in total. The zero-order valence-electron chi connectivity index (χ0n) is 7.91. The summed E-state index contributed by atoms with van der Waals surface area (Å²) in [5.41, 5.74) is 0. The van der Waals surface area contributed by atoms with Crippen molar-refractivity contribution in [2.45, 2.75) is 24.6 Å². The predicted molar refractivity (Wildman–Crippen MR) is 48.6 cm³/mol. The molecule has 0 radical (unpaired) electrons. The van der Waals surface area contributed by atoms with Crippen molar-refractivity contribution < 1.29 is 17.2 Å². The highest BCUT2D eigenvalue weighted by Gasteiger charge is 2.34. The summed E-state index contributed by atoms with van der Waals surface area (Å²) in [7, 11) is -3.21. The second-order valence-electron chi connectivity index (χ2n) is 3.32. The Bertz CT molecular complexity index is 275. The maximum absolute atomic E-state index is 12.2. The van der Waals surface area contributed by atoms with Crippen LogP contribution in [0.25, 0.3) is 0 Å². The largest absolute Gasteiger partial charge is 0.350 e. The molecule has 0 aromatic heterocycles. The third-order valence-corrected chi connectivity index (χ3v) is 3.96. The second-order valence-corrected chi connectivity index (χ2v) is 5.28. The van der Waals surface area contributed by atoms with Crippen LogP contribution in [0.4, 0.5) is 8.78 Å². The van der Waals surface area contributed by atoms with Crippen LogP contribution in [0.1, 0.15) is 12.8 Å². The summed E-state index contributed by atoms with van der Waals surface area (Å²) in [6, 6.07) is -0.345. The van der Waals surface area contributed by atoms with Gasteiger partial charge in [-0.05, 0) is 19.4 Å². The number of piperidine rings is 1. The smallest absolute Gasteiger partial charge is 0.315 e. The van der Waals surface area contributed by atoms with E-state index in [4.69, 9.17) is 0 Å². The summed E-state index contributed by atoms with van der Waals surface area (Å²) in [6.07, 6.45) is 1.45. The second kappa shape index (κ2) is 4.50. The number of rotatable bonds is 3. The van der Waals surface area contributed by atoms with Crippen LogP contribution in [0.5, 0.6) is 0 Å². The van der Waals surface area contributed by atoms with Crippen LogP contribution >= 0.6 is 0 Å². The molecule has 7 heteroatoms. The topological polar surface area (TPSA) is 49.4 Å². The van der Waals surface area contributed by atoms with Gasteiger partial charge >= 0.3 is 5.76 Å². The van der Waals surface area contributed by atoms with Crippen molar-refractivity contribution >= 4 is 10.0 Å². The Morgan fingerprint density at radius 3 is 2.57 bits per heavy atom. The molecular weight excluding hydrogens is 214 g/mol. The third kappa shape index (κ3) is 2.40. The van der Waals surface area contributed by atoms with E-state index in [1.54, 1.807) is 0 Å². The molecule has 1 N–H and O–H groups in total. The lowest BCUT2D eigenvalue weighted by Crippen LogP contribution is -2.48. The molecule has 0 aromatic carbocycles. The highest BCUT2D eigenvalue weighted by Crippen LogP contribution is 2.17. The number of nitrogens with one attached hydrogen (secondary N) is 1. The lowest BCUT2D eigenvalue weighted by atomic mass is 10.1. The van der Waals surface area contributed by atoms with Crippen molar-refractivity contribution in [3.63, 3.8) is 0 Å². The van der Waals surface area contributed by atoms with Crippen LogP contribution in [-0.4, -0.2) is 44.7 Å². The van der Waals surface area contributed by atoms with Gasteiger partial charge in [-0.15, -0.1) is 0 Å². The summed E-state index contributed by atoms with van der Waals surface area (Å²) in [6.45, 7) is 1.27. The minimum absolute atomic E-state index is 0.345.